The van der Waals surface area contributed by atoms with Gasteiger partial charge in [0.05, 0.1) is 19.3 Å². The summed E-state index contributed by atoms with van der Waals surface area (Å²) in [6.45, 7) is 5.86. The van der Waals surface area contributed by atoms with Crippen molar-refractivity contribution in [3.05, 3.63) is 0 Å². The molecule has 0 saturated carbocycles. The number of nitrogens with one attached hydrogen (secondary N) is 3. The van der Waals surface area contributed by atoms with Gasteiger partial charge < -0.3 is 56.8 Å². The first kappa shape index (κ1) is 34.6. The number of aliphatic carboxylic acids is 6. The molecule has 18 nitrogen and oxygen atoms in total. The Morgan fingerprint density at radius 2 is 0.974 bits per heavy atom. The Kier molecular flexibility index (Phi) is 14.9. The summed E-state index contributed by atoms with van der Waals surface area (Å²) in [5.41, 5.74) is -5.60. The van der Waals surface area contributed by atoms with Gasteiger partial charge in [-0.05, 0) is 0 Å². The van der Waals surface area contributed by atoms with Gasteiger partial charge in [0.25, 0.3) is 0 Å². The van der Waals surface area contributed by atoms with E-state index in [1.165, 1.54) is 4.90 Å². The maximum absolute atomic E-state index is 11.3. The van der Waals surface area contributed by atoms with E-state index in [-0.39, 0.29) is 13.1 Å². The molecule has 0 aromatic carbocycles. The van der Waals surface area contributed by atoms with E-state index < -0.39 is 72.3 Å². The van der Waals surface area contributed by atoms with Crippen molar-refractivity contribution in [2.75, 3.05) is 52.4 Å². The van der Waals surface area contributed by atoms with Crippen molar-refractivity contribution in [1.29, 1.82) is 0 Å². The van der Waals surface area contributed by atoms with Crippen molar-refractivity contribution in [2.24, 2.45) is 0 Å². The highest BCUT2D eigenvalue weighted by atomic mass is 16.4. The fourth-order valence-electron chi connectivity index (χ4n) is 3.44. The molecule has 0 spiro atoms. The molecule has 2 unspecified atom stereocenters. The van der Waals surface area contributed by atoms with E-state index in [2.05, 4.69) is 16.0 Å². The third kappa shape index (κ3) is 12.2. The zero-order valence-corrected chi connectivity index (χ0v) is 20.3. The second-order valence-corrected chi connectivity index (χ2v) is 8.30. The van der Waals surface area contributed by atoms with Crippen molar-refractivity contribution < 1.29 is 69.6 Å². The third-order valence-electron chi connectivity index (χ3n) is 5.24. The SMILES string of the molecule is C1CNCCN1.O=C(O)CC(O)(C(=O)O)C(C(=O)O)N1CCNCC1.O=C(O)CC(O)(CC(=O)O)C(=O)O. The molecule has 2 heterocycles. The molecular formula is C20H34N4O14. The second-order valence-electron chi connectivity index (χ2n) is 8.30. The lowest BCUT2D eigenvalue weighted by Crippen LogP contribution is -2.64. The van der Waals surface area contributed by atoms with E-state index in [1.54, 1.807) is 0 Å². The summed E-state index contributed by atoms with van der Waals surface area (Å²) in [5.74, 6) is -10.0. The zero-order valence-electron chi connectivity index (χ0n) is 20.3. The molecule has 0 radical (unpaired) electrons. The van der Waals surface area contributed by atoms with Crippen LogP contribution in [-0.4, -0.2) is 151 Å². The van der Waals surface area contributed by atoms with Gasteiger partial charge >= 0.3 is 35.8 Å². The van der Waals surface area contributed by atoms with Crippen molar-refractivity contribution in [1.82, 2.24) is 20.9 Å². The predicted octanol–water partition coefficient (Wildman–Crippen LogP) is -4.43. The smallest absolute Gasteiger partial charge is 0.338 e. The van der Waals surface area contributed by atoms with E-state index in [0.29, 0.717) is 13.1 Å². The average Bonchev–Trinajstić information content (AvgIpc) is 2.80. The monoisotopic (exact) mass is 554 g/mol. The van der Waals surface area contributed by atoms with Crippen molar-refractivity contribution in [2.45, 2.75) is 36.5 Å². The van der Waals surface area contributed by atoms with Crippen LogP contribution >= 0.6 is 0 Å². The highest BCUT2D eigenvalue weighted by Crippen LogP contribution is 2.22. The number of carbonyl (C=O) groups is 6. The largest absolute Gasteiger partial charge is 0.481 e. The first-order chi connectivity index (χ1) is 17.6. The van der Waals surface area contributed by atoms with Crippen LogP contribution in [0.5, 0.6) is 0 Å². The molecular weight excluding hydrogens is 520 g/mol. The lowest BCUT2D eigenvalue weighted by molar-refractivity contribution is -0.181. The summed E-state index contributed by atoms with van der Waals surface area (Å²) >= 11 is 0. The minimum absolute atomic E-state index is 0.214. The van der Waals surface area contributed by atoms with E-state index in [4.69, 9.17) is 35.7 Å². The first-order valence-electron chi connectivity index (χ1n) is 11.2. The molecule has 38 heavy (non-hydrogen) atoms. The maximum Gasteiger partial charge on any atom is 0.338 e. The molecule has 2 aliphatic heterocycles. The number of hydrogen-bond acceptors (Lipinski definition) is 12. The summed E-state index contributed by atoms with van der Waals surface area (Å²) in [7, 11) is 0. The molecule has 2 saturated heterocycles. The summed E-state index contributed by atoms with van der Waals surface area (Å²) in [6.07, 6.45) is -3.47. The van der Waals surface area contributed by atoms with Crippen LogP contribution in [0.4, 0.5) is 0 Å². The van der Waals surface area contributed by atoms with Crippen LogP contribution in [0.2, 0.25) is 0 Å². The number of rotatable bonds is 11. The van der Waals surface area contributed by atoms with Crippen LogP contribution in [0, 0.1) is 0 Å². The molecule has 2 aliphatic rings. The fourth-order valence-corrected chi connectivity index (χ4v) is 3.44. The zero-order chi connectivity index (χ0) is 29.5. The van der Waals surface area contributed by atoms with Crippen molar-refractivity contribution >= 4 is 35.8 Å². The molecule has 2 atom stereocenters. The predicted molar refractivity (Wildman–Crippen MR) is 124 cm³/mol. The average molecular weight is 555 g/mol. The molecule has 2 rings (SSSR count). The van der Waals surface area contributed by atoms with Gasteiger partial charge in [-0.1, -0.05) is 0 Å². The molecule has 18 heteroatoms. The number of carboxylic acid groups (broad SMARTS) is 6. The van der Waals surface area contributed by atoms with Crippen molar-refractivity contribution in [3.8, 4) is 0 Å². The minimum Gasteiger partial charge on any atom is -0.481 e. The second kappa shape index (κ2) is 16.4. The highest BCUT2D eigenvalue weighted by Gasteiger charge is 2.53. The molecule has 0 aromatic rings. The van der Waals surface area contributed by atoms with Gasteiger partial charge in [-0.3, -0.25) is 24.1 Å². The standard InChI is InChI=1S/C10H16N2O7.C6H8O7.C4H10N2/c13-6(14)5-10(19,9(17)18)7(8(15)16)12-3-1-11-2-4-12;7-3(8)1-6(13,5(11)12)2-4(9)10;1-2-6-4-3-5-1/h7,11,19H,1-5H2,(H,13,14)(H,15,16)(H,17,18);13H,1-2H2,(H,7,8)(H,9,10)(H,11,12);5-6H,1-4H2. The number of nitrogens with zero attached hydrogens (tertiary/aromatic N) is 1. The van der Waals surface area contributed by atoms with Crippen molar-refractivity contribution in [3.63, 3.8) is 0 Å². The van der Waals surface area contributed by atoms with Crippen LogP contribution in [0.3, 0.4) is 0 Å². The van der Waals surface area contributed by atoms with Crippen LogP contribution in [0.25, 0.3) is 0 Å². The van der Waals surface area contributed by atoms with E-state index in [0.717, 1.165) is 26.2 Å². The van der Waals surface area contributed by atoms with Gasteiger partial charge in [-0.15, -0.1) is 0 Å². The molecule has 0 bridgehead atoms. The summed E-state index contributed by atoms with van der Waals surface area (Å²) < 4.78 is 0. The Hall–Kier alpha value is -3.42. The summed E-state index contributed by atoms with van der Waals surface area (Å²) in [6, 6.07) is -1.80. The molecule has 0 aromatic heterocycles. The molecule has 11 N–H and O–H groups in total. The minimum atomic E-state index is -2.87. The van der Waals surface area contributed by atoms with E-state index in [9.17, 15) is 33.9 Å². The Balaban J connectivity index is 0.000000617. The van der Waals surface area contributed by atoms with Gasteiger partial charge in [-0.25, -0.2) is 9.59 Å². The van der Waals surface area contributed by atoms with E-state index in [1.807, 2.05) is 0 Å². The number of piperazine rings is 2. The van der Waals surface area contributed by atoms with Crippen LogP contribution in [0.15, 0.2) is 0 Å². The lowest BCUT2D eigenvalue weighted by atomic mass is 9.88. The number of hydrogen-bond donors (Lipinski definition) is 11. The number of carboxylic acids is 6. The summed E-state index contributed by atoms with van der Waals surface area (Å²) in [4.78, 5) is 64.8. The molecule has 0 amide bonds. The molecule has 2 fully saturated rings. The molecule has 0 aliphatic carbocycles. The van der Waals surface area contributed by atoms with E-state index >= 15 is 0 Å². The fraction of sp³-hybridized carbons (Fsp3) is 0.700. The van der Waals surface area contributed by atoms with Crippen LogP contribution < -0.4 is 16.0 Å². The van der Waals surface area contributed by atoms with Gasteiger partial charge in [-0.2, -0.15) is 0 Å². The van der Waals surface area contributed by atoms with Gasteiger partial charge in [0, 0.05) is 52.4 Å². The lowest BCUT2D eigenvalue weighted by Gasteiger charge is -2.38. The maximum atomic E-state index is 11.3. The normalized spacial score (nSPS) is 18.2. The Bertz CT molecular complexity index is 816. The van der Waals surface area contributed by atoms with Crippen LogP contribution in [0.1, 0.15) is 19.3 Å². The Morgan fingerprint density at radius 3 is 1.24 bits per heavy atom. The van der Waals surface area contributed by atoms with Gasteiger partial charge in [0.15, 0.2) is 11.2 Å². The number of aliphatic hydroxyl groups is 2. The summed E-state index contributed by atoms with van der Waals surface area (Å²) in [5, 5.41) is 80.1. The first-order valence-corrected chi connectivity index (χ1v) is 11.2. The van der Waals surface area contributed by atoms with Gasteiger partial charge in [0.1, 0.15) is 6.04 Å². The highest BCUT2D eigenvalue weighted by molar-refractivity contribution is 5.91. The topological polar surface area (TPSA) is 304 Å². The third-order valence-corrected chi connectivity index (χ3v) is 5.24. The quantitative estimate of drug-likeness (QED) is 0.115. The molecule has 218 valence electrons. The van der Waals surface area contributed by atoms with Gasteiger partial charge in [0.2, 0.25) is 0 Å². The van der Waals surface area contributed by atoms with Crippen LogP contribution in [-0.2, 0) is 28.8 Å². The Labute approximate surface area is 215 Å². The Morgan fingerprint density at radius 1 is 0.605 bits per heavy atom.